The average Bonchev–Trinajstić information content (AvgIpc) is 1.86. The molecule has 0 aromatic rings. The first-order valence-electron chi connectivity index (χ1n) is 3.77. The molecule has 4 heteroatoms. The van der Waals surface area contributed by atoms with Crippen molar-refractivity contribution in [1.82, 2.24) is 0 Å². The number of carboxylic acids is 1. The third-order valence-electron chi connectivity index (χ3n) is 1.91. The van der Waals surface area contributed by atoms with Crippen molar-refractivity contribution in [2.24, 2.45) is 5.41 Å². The van der Waals surface area contributed by atoms with Crippen LogP contribution in [0.25, 0.3) is 0 Å². The van der Waals surface area contributed by atoms with E-state index >= 15 is 0 Å². The SMILES string of the molecule is COC(C(=O)O)C(C)(C)CCF. The fraction of sp³-hybridized carbons (Fsp3) is 0.875. The first kappa shape index (κ1) is 11.4. The summed E-state index contributed by atoms with van der Waals surface area (Å²) in [4.78, 5) is 10.6. The second-order valence-corrected chi connectivity index (χ2v) is 3.38. The standard InChI is InChI=1S/C8H15FO3/c1-8(2,4-5-9)6(12-3)7(10)11/h6H,4-5H2,1-3H3,(H,10,11). The molecule has 0 aliphatic carbocycles. The fourth-order valence-corrected chi connectivity index (χ4v) is 1.13. The zero-order valence-corrected chi connectivity index (χ0v) is 7.63. The van der Waals surface area contributed by atoms with Gasteiger partial charge in [0.25, 0.3) is 0 Å². The Hall–Kier alpha value is -0.640. The van der Waals surface area contributed by atoms with Crippen LogP contribution in [0.15, 0.2) is 0 Å². The molecule has 1 N–H and O–H groups in total. The van der Waals surface area contributed by atoms with Crippen molar-refractivity contribution in [3.63, 3.8) is 0 Å². The quantitative estimate of drug-likeness (QED) is 0.693. The lowest BCUT2D eigenvalue weighted by molar-refractivity contribution is -0.156. The predicted molar refractivity (Wildman–Crippen MR) is 42.8 cm³/mol. The van der Waals surface area contributed by atoms with Gasteiger partial charge in [-0.05, 0) is 6.42 Å². The molecule has 0 rings (SSSR count). The number of alkyl halides is 1. The van der Waals surface area contributed by atoms with E-state index in [1.807, 2.05) is 0 Å². The molecule has 0 spiro atoms. The molecule has 3 nitrogen and oxygen atoms in total. The van der Waals surface area contributed by atoms with Crippen molar-refractivity contribution in [1.29, 1.82) is 0 Å². The molecule has 0 aliphatic rings. The topological polar surface area (TPSA) is 46.5 Å². The molecule has 0 radical (unpaired) electrons. The van der Waals surface area contributed by atoms with E-state index in [0.717, 1.165) is 0 Å². The minimum atomic E-state index is -1.05. The van der Waals surface area contributed by atoms with Crippen LogP contribution < -0.4 is 0 Å². The third-order valence-corrected chi connectivity index (χ3v) is 1.91. The molecule has 0 aromatic heterocycles. The van der Waals surface area contributed by atoms with E-state index < -0.39 is 24.2 Å². The Balaban J connectivity index is 4.36. The van der Waals surface area contributed by atoms with Gasteiger partial charge in [0.1, 0.15) is 0 Å². The largest absolute Gasteiger partial charge is 0.479 e. The van der Waals surface area contributed by atoms with E-state index in [-0.39, 0.29) is 6.42 Å². The molecule has 0 aliphatic heterocycles. The van der Waals surface area contributed by atoms with E-state index in [4.69, 9.17) is 9.84 Å². The molecule has 1 unspecified atom stereocenters. The van der Waals surface area contributed by atoms with Gasteiger partial charge in [-0.3, -0.25) is 4.39 Å². The highest BCUT2D eigenvalue weighted by Crippen LogP contribution is 2.27. The normalized spacial score (nSPS) is 14.3. The highest BCUT2D eigenvalue weighted by atomic mass is 19.1. The van der Waals surface area contributed by atoms with Gasteiger partial charge in [0.15, 0.2) is 6.10 Å². The third kappa shape index (κ3) is 2.77. The maximum absolute atomic E-state index is 12.0. The minimum absolute atomic E-state index is 0.192. The number of ether oxygens (including phenoxy) is 1. The number of carbonyl (C=O) groups is 1. The minimum Gasteiger partial charge on any atom is -0.479 e. The zero-order chi connectivity index (χ0) is 9.78. The lowest BCUT2D eigenvalue weighted by atomic mass is 9.83. The Kier molecular flexibility index (Phi) is 4.17. The van der Waals surface area contributed by atoms with Crippen LogP contribution in [0.1, 0.15) is 20.3 Å². The lowest BCUT2D eigenvalue weighted by Crippen LogP contribution is -2.38. The Labute approximate surface area is 71.5 Å². The first-order valence-corrected chi connectivity index (χ1v) is 3.77. The van der Waals surface area contributed by atoms with Gasteiger partial charge in [0.2, 0.25) is 0 Å². The maximum atomic E-state index is 12.0. The summed E-state index contributed by atoms with van der Waals surface area (Å²) in [5.74, 6) is -1.05. The predicted octanol–water partition coefficient (Wildman–Crippen LogP) is 1.47. The summed E-state index contributed by atoms with van der Waals surface area (Å²) in [6.07, 6.45) is -0.745. The molecule has 0 saturated heterocycles. The van der Waals surface area contributed by atoms with Crippen molar-refractivity contribution in [2.45, 2.75) is 26.4 Å². The molecule has 1 atom stereocenters. The number of halogens is 1. The number of rotatable bonds is 5. The summed E-state index contributed by atoms with van der Waals surface area (Å²) in [5, 5.41) is 8.69. The number of methoxy groups -OCH3 is 1. The molecule has 0 aromatic carbocycles. The summed E-state index contributed by atoms with van der Waals surface area (Å²) in [6, 6.07) is 0. The molecule has 0 fully saturated rings. The second kappa shape index (κ2) is 4.40. The van der Waals surface area contributed by atoms with Crippen molar-refractivity contribution in [3.05, 3.63) is 0 Å². The zero-order valence-electron chi connectivity index (χ0n) is 7.63. The van der Waals surface area contributed by atoms with Crippen LogP contribution in [0.3, 0.4) is 0 Å². The number of hydrogen-bond acceptors (Lipinski definition) is 2. The van der Waals surface area contributed by atoms with Gasteiger partial charge in [-0.15, -0.1) is 0 Å². The summed E-state index contributed by atoms with van der Waals surface area (Å²) in [5.41, 5.74) is -0.657. The number of hydrogen-bond donors (Lipinski definition) is 1. The van der Waals surface area contributed by atoms with Crippen LogP contribution in [-0.4, -0.2) is 31.0 Å². The van der Waals surface area contributed by atoms with Crippen LogP contribution >= 0.6 is 0 Å². The Morgan fingerprint density at radius 3 is 2.42 bits per heavy atom. The Morgan fingerprint density at radius 1 is 1.67 bits per heavy atom. The first-order chi connectivity index (χ1) is 5.45. The molecule has 0 saturated carbocycles. The van der Waals surface area contributed by atoms with Gasteiger partial charge >= 0.3 is 5.97 Å². The molecule has 12 heavy (non-hydrogen) atoms. The van der Waals surface area contributed by atoms with Gasteiger partial charge in [-0.25, -0.2) is 4.79 Å². The smallest absolute Gasteiger partial charge is 0.333 e. The molecular formula is C8H15FO3. The van der Waals surface area contributed by atoms with E-state index in [0.29, 0.717) is 0 Å². The summed E-state index contributed by atoms with van der Waals surface area (Å²) in [7, 11) is 1.32. The van der Waals surface area contributed by atoms with Crippen molar-refractivity contribution >= 4 is 5.97 Å². The summed E-state index contributed by atoms with van der Waals surface area (Å²) in [6.45, 7) is 2.82. The van der Waals surface area contributed by atoms with E-state index in [9.17, 15) is 9.18 Å². The summed E-state index contributed by atoms with van der Waals surface area (Å²) >= 11 is 0. The average molecular weight is 178 g/mol. The van der Waals surface area contributed by atoms with Crippen LogP contribution in [0.4, 0.5) is 4.39 Å². The van der Waals surface area contributed by atoms with E-state index in [1.165, 1.54) is 7.11 Å². The van der Waals surface area contributed by atoms with Crippen LogP contribution in [-0.2, 0) is 9.53 Å². The van der Waals surface area contributed by atoms with Crippen LogP contribution in [0.5, 0.6) is 0 Å². The molecular weight excluding hydrogens is 163 g/mol. The van der Waals surface area contributed by atoms with Crippen molar-refractivity contribution in [2.75, 3.05) is 13.8 Å². The Morgan fingerprint density at radius 2 is 2.17 bits per heavy atom. The monoisotopic (exact) mass is 178 g/mol. The molecule has 0 amide bonds. The Bertz CT molecular complexity index is 156. The molecule has 0 heterocycles. The van der Waals surface area contributed by atoms with Gasteiger partial charge in [-0.1, -0.05) is 13.8 Å². The van der Waals surface area contributed by atoms with Gasteiger partial charge in [0.05, 0.1) is 6.67 Å². The van der Waals surface area contributed by atoms with Crippen molar-refractivity contribution in [3.8, 4) is 0 Å². The number of aliphatic carboxylic acids is 1. The van der Waals surface area contributed by atoms with Gasteiger partial charge in [0, 0.05) is 12.5 Å². The van der Waals surface area contributed by atoms with Crippen molar-refractivity contribution < 1.29 is 19.0 Å². The van der Waals surface area contributed by atoms with Gasteiger partial charge < -0.3 is 9.84 Å². The van der Waals surface area contributed by atoms with E-state index in [1.54, 1.807) is 13.8 Å². The van der Waals surface area contributed by atoms with E-state index in [2.05, 4.69) is 0 Å². The van der Waals surface area contributed by atoms with Crippen LogP contribution in [0, 0.1) is 5.41 Å². The number of carboxylic acid groups (broad SMARTS) is 1. The fourth-order valence-electron chi connectivity index (χ4n) is 1.13. The van der Waals surface area contributed by atoms with Gasteiger partial charge in [-0.2, -0.15) is 0 Å². The molecule has 0 bridgehead atoms. The van der Waals surface area contributed by atoms with Crippen LogP contribution in [0.2, 0.25) is 0 Å². The maximum Gasteiger partial charge on any atom is 0.333 e. The highest BCUT2D eigenvalue weighted by Gasteiger charge is 2.34. The summed E-state index contributed by atoms with van der Waals surface area (Å²) < 4.78 is 16.8. The molecule has 72 valence electrons. The highest BCUT2D eigenvalue weighted by molar-refractivity contribution is 5.73. The lowest BCUT2D eigenvalue weighted by Gasteiger charge is -2.28. The second-order valence-electron chi connectivity index (χ2n) is 3.38.